The van der Waals surface area contributed by atoms with E-state index in [2.05, 4.69) is 5.32 Å². The summed E-state index contributed by atoms with van der Waals surface area (Å²) in [6, 6.07) is 13.0. The Kier molecular flexibility index (Phi) is 6.62. The second-order valence-corrected chi connectivity index (χ2v) is 6.49. The summed E-state index contributed by atoms with van der Waals surface area (Å²) >= 11 is 0. The second kappa shape index (κ2) is 8.91. The van der Waals surface area contributed by atoms with Crippen molar-refractivity contribution in [3.63, 3.8) is 0 Å². The summed E-state index contributed by atoms with van der Waals surface area (Å²) in [6.07, 6.45) is 1.43. The molecule has 0 unspecified atom stereocenters. The van der Waals surface area contributed by atoms with Crippen LogP contribution in [0.4, 0.5) is 5.69 Å². The lowest BCUT2D eigenvalue weighted by molar-refractivity contribution is -0.112. The Morgan fingerprint density at radius 2 is 1.96 bits per heavy atom. The highest BCUT2D eigenvalue weighted by molar-refractivity contribution is 6.10. The van der Waals surface area contributed by atoms with Gasteiger partial charge in [-0.15, -0.1) is 0 Å². The number of hydrogen-bond donors (Lipinski definition) is 1. The number of aryl methyl sites for hydroxylation is 2. The molecule has 1 N–H and O–H groups in total. The van der Waals surface area contributed by atoms with Crippen molar-refractivity contribution in [3.05, 3.63) is 58.7 Å². The Morgan fingerprint density at radius 3 is 2.56 bits per heavy atom. The van der Waals surface area contributed by atoms with Gasteiger partial charge in [-0.25, -0.2) is 0 Å². The van der Waals surface area contributed by atoms with Gasteiger partial charge in [0.1, 0.15) is 11.6 Å². The minimum atomic E-state index is -0.470. The molecule has 2 aromatic carbocycles. The van der Waals surface area contributed by atoms with E-state index in [0.717, 1.165) is 11.1 Å². The number of nitrogens with one attached hydrogen (secondary N) is 1. The highest BCUT2D eigenvalue weighted by Crippen LogP contribution is 2.33. The van der Waals surface area contributed by atoms with Gasteiger partial charge in [0.2, 0.25) is 0 Å². The number of ether oxygens (including phenoxy) is 2. The molecule has 0 saturated carbocycles. The fourth-order valence-electron chi connectivity index (χ4n) is 2.62. The van der Waals surface area contributed by atoms with Gasteiger partial charge in [0.05, 0.1) is 13.2 Å². The van der Waals surface area contributed by atoms with Crippen molar-refractivity contribution in [1.29, 1.82) is 5.26 Å². The van der Waals surface area contributed by atoms with Crippen molar-refractivity contribution in [1.82, 2.24) is 0 Å². The first-order valence-electron chi connectivity index (χ1n) is 8.69. The lowest BCUT2D eigenvalue weighted by atomic mass is 10.1. The number of carbonyl (C=O) groups is 1. The Labute approximate surface area is 160 Å². The second-order valence-electron chi connectivity index (χ2n) is 6.49. The molecule has 5 nitrogen and oxygen atoms in total. The molecular formula is C22H24N2O3. The van der Waals surface area contributed by atoms with Crippen molar-refractivity contribution in [2.45, 2.75) is 33.8 Å². The van der Waals surface area contributed by atoms with Crippen LogP contribution in [-0.4, -0.2) is 19.1 Å². The van der Waals surface area contributed by atoms with Gasteiger partial charge in [0, 0.05) is 11.3 Å². The largest absolute Gasteiger partial charge is 0.493 e. The molecule has 27 heavy (non-hydrogen) atoms. The van der Waals surface area contributed by atoms with E-state index >= 15 is 0 Å². The summed E-state index contributed by atoms with van der Waals surface area (Å²) in [7, 11) is 1.55. The van der Waals surface area contributed by atoms with Crippen LogP contribution in [0.5, 0.6) is 11.5 Å². The molecule has 0 spiro atoms. The summed E-state index contributed by atoms with van der Waals surface area (Å²) in [5.74, 6) is 0.578. The lowest BCUT2D eigenvalue weighted by Gasteiger charge is -2.16. The number of amides is 1. The average molecular weight is 364 g/mol. The van der Waals surface area contributed by atoms with Gasteiger partial charge >= 0.3 is 0 Å². The van der Waals surface area contributed by atoms with Crippen LogP contribution >= 0.6 is 0 Å². The Morgan fingerprint density at radius 1 is 1.22 bits per heavy atom. The SMILES string of the molecule is COc1cccc(/C=C(\C#N)C(=O)Nc2ccc(C)cc2C)c1OC(C)C. The van der Waals surface area contributed by atoms with E-state index in [9.17, 15) is 10.1 Å². The number of nitrogens with zero attached hydrogens (tertiary/aromatic N) is 1. The summed E-state index contributed by atoms with van der Waals surface area (Å²) in [5.41, 5.74) is 3.31. The van der Waals surface area contributed by atoms with E-state index in [1.54, 1.807) is 25.3 Å². The van der Waals surface area contributed by atoms with Crippen LogP contribution in [0.25, 0.3) is 6.08 Å². The molecule has 0 aromatic heterocycles. The minimum Gasteiger partial charge on any atom is -0.493 e. The quantitative estimate of drug-likeness (QED) is 0.598. The normalized spacial score (nSPS) is 11.1. The lowest BCUT2D eigenvalue weighted by Crippen LogP contribution is -2.14. The number of rotatable bonds is 6. The smallest absolute Gasteiger partial charge is 0.266 e. The van der Waals surface area contributed by atoms with E-state index in [1.807, 2.05) is 52.0 Å². The zero-order valence-corrected chi connectivity index (χ0v) is 16.3. The first kappa shape index (κ1) is 20.1. The third kappa shape index (κ3) is 5.11. The van der Waals surface area contributed by atoms with E-state index < -0.39 is 5.91 Å². The molecule has 0 atom stereocenters. The molecule has 0 aliphatic carbocycles. The fourth-order valence-corrected chi connectivity index (χ4v) is 2.62. The van der Waals surface area contributed by atoms with Gasteiger partial charge in [0.25, 0.3) is 5.91 Å². The Hall–Kier alpha value is -3.26. The van der Waals surface area contributed by atoms with Crippen LogP contribution in [0, 0.1) is 25.2 Å². The first-order valence-corrected chi connectivity index (χ1v) is 8.69. The first-order chi connectivity index (χ1) is 12.8. The molecule has 0 radical (unpaired) electrons. The zero-order valence-electron chi connectivity index (χ0n) is 16.3. The number of para-hydroxylation sites is 1. The van der Waals surface area contributed by atoms with Crippen LogP contribution in [-0.2, 0) is 4.79 Å². The van der Waals surface area contributed by atoms with Crippen LogP contribution in [0.3, 0.4) is 0 Å². The molecule has 5 heteroatoms. The van der Waals surface area contributed by atoms with Gasteiger partial charge in [-0.3, -0.25) is 4.79 Å². The van der Waals surface area contributed by atoms with E-state index in [4.69, 9.17) is 9.47 Å². The summed E-state index contributed by atoms with van der Waals surface area (Å²) in [5, 5.41) is 12.3. The molecule has 2 aromatic rings. The molecule has 0 fully saturated rings. The molecule has 140 valence electrons. The highest BCUT2D eigenvalue weighted by atomic mass is 16.5. The summed E-state index contributed by atoms with van der Waals surface area (Å²) in [4.78, 5) is 12.6. The number of carbonyl (C=O) groups excluding carboxylic acids is 1. The van der Waals surface area contributed by atoms with E-state index in [-0.39, 0.29) is 11.7 Å². The van der Waals surface area contributed by atoms with Crippen molar-refractivity contribution in [2.24, 2.45) is 0 Å². The molecule has 0 aliphatic rings. The zero-order chi connectivity index (χ0) is 20.0. The average Bonchev–Trinajstić information content (AvgIpc) is 2.62. The molecular weight excluding hydrogens is 340 g/mol. The number of methoxy groups -OCH3 is 1. The van der Waals surface area contributed by atoms with Gasteiger partial charge in [-0.2, -0.15) is 5.26 Å². The van der Waals surface area contributed by atoms with Crippen molar-refractivity contribution >= 4 is 17.7 Å². The van der Waals surface area contributed by atoms with E-state index in [0.29, 0.717) is 22.7 Å². The fraction of sp³-hybridized carbons (Fsp3) is 0.273. The number of nitriles is 1. The Balaban J connectivity index is 2.38. The van der Waals surface area contributed by atoms with Crippen molar-refractivity contribution in [2.75, 3.05) is 12.4 Å². The molecule has 0 heterocycles. The Bertz CT molecular complexity index is 908. The molecule has 0 bridgehead atoms. The third-order valence-electron chi connectivity index (χ3n) is 3.88. The van der Waals surface area contributed by atoms with Crippen LogP contribution in [0.1, 0.15) is 30.5 Å². The minimum absolute atomic E-state index is 0.0168. The molecule has 0 saturated heterocycles. The van der Waals surface area contributed by atoms with Crippen molar-refractivity contribution < 1.29 is 14.3 Å². The number of hydrogen-bond acceptors (Lipinski definition) is 4. The van der Waals surface area contributed by atoms with E-state index in [1.165, 1.54) is 6.08 Å². The summed E-state index contributed by atoms with van der Waals surface area (Å²) < 4.78 is 11.2. The van der Waals surface area contributed by atoms with Gasteiger partial charge in [0.15, 0.2) is 11.5 Å². The topological polar surface area (TPSA) is 71.3 Å². The maximum absolute atomic E-state index is 12.6. The monoisotopic (exact) mass is 364 g/mol. The predicted octanol–water partition coefficient (Wildman–Crippen LogP) is 4.64. The van der Waals surface area contributed by atoms with Crippen molar-refractivity contribution in [3.8, 4) is 17.6 Å². The van der Waals surface area contributed by atoms with Gasteiger partial charge in [-0.05, 0) is 51.5 Å². The third-order valence-corrected chi connectivity index (χ3v) is 3.88. The van der Waals surface area contributed by atoms with Gasteiger partial charge in [-0.1, -0.05) is 29.8 Å². The maximum Gasteiger partial charge on any atom is 0.266 e. The molecule has 1 amide bonds. The van der Waals surface area contributed by atoms with Gasteiger partial charge < -0.3 is 14.8 Å². The number of benzene rings is 2. The molecule has 0 aliphatic heterocycles. The van der Waals surface area contributed by atoms with Crippen LogP contribution < -0.4 is 14.8 Å². The highest BCUT2D eigenvalue weighted by Gasteiger charge is 2.15. The van der Waals surface area contributed by atoms with Crippen LogP contribution in [0.15, 0.2) is 42.0 Å². The summed E-state index contributed by atoms with van der Waals surface area (Å²) in [6.45, 7) is 7.70. The standard InChI is InChI=1S/C22H24N2O3/c1-14(2)27-21-17(7-6-8-20(21)26-5)12-18(13-23)22(25)24-19-10-9-15(3)11-16(19)4/h6-12,14H,1-5H3,(H,24,25)/b18-12+. The predicted molar refractivity (Wildman–Crippen MR) is 107 cm³/mol. The maximum atomic E-state index is 12.6. The number of anilines is 1. The molecule has 2 rings (SSSR count). The van der Waals surface area contributed by atoms with Crippen LogP contribution in [0.2, 0.25) is 0 Å².